The van der Waals surface area contributed by atoms with Crippen LogP contribution in [-0.4, -0.2) is 5.78 Å². The molecule has 11 heavy (non-hydrogen) atoms. The monoisotopic (exact) mass is 164 g/mol. The van der Waals surface area contributed by atoms with Gasteiger partial charge in [-0.15, -0.1) is 0 Å². The molecule has 0 aromatic heterocycles. The number of ketones is 1. The molecule has 1 aliphatic carbocycles. The van der Waals surface area contributed by atoms with Gasteiger partial charge in [0.2, 0.25) is 5.78 Å². The molecule has 0 amide bonds. The fraction of sp³-hybridized carbons (Fsp3) is 0. The summed E-state index contributed by atoms with van der Waals surface area (Å²) < 4.78 is 0. The summed E-state index contributed by atoms with van der Waals surface area (Å²) in [6.07, 6.45) is 1.69. The lowest BCUT2D eigenvalue weighted by Crippen LogP contribution is -1.92. The van der Waals surface area contributed by atoms with Gasteiger partial charge in [0, 0.05) is 5.56 Å². The van der Waals surface area contributed by atoms with E-state index in [0.717, 1.165) is 5.56 Å². The number of carbonyl (C=O) groups excluding carboxylic acids is 1. The topological polar surface area (TPSA) is 17.1 Å². The second-order valence-electron chi connectivity index (χ2n) is 2.41. The predicted molar refractivity (Wildman–Crippen MR) is 44.6 cm³/mol. The second-order valence-corrected chi connectivity index (χ2v) is 2.82. The van der Waals surface area contributed by atoms with Crippen molar-refractivity contribution in [3.63, 3.8) is 0 Å². The SMILES string of the molecule is O=C1C(Cl)=Cc2ccccc21. The Balaban J connectivity index is 2.67. The Morgan fingerprint density at radius 1 is 1.18 bits per heavy atom. The van der Waals surface area contributed by atoms with Crippen molar-refractivity contribution < 1.29 is 4.79 Å². The van der Waals surface area contributed by atoms with Gasteiger partial charge in [-0.3, -0.25) is 4.79 Å². The Morgan fingerprint density at radius 3 is 2.64 bits per heavy atom. The van der Waals surface area contributed by atoms with Crippen molar-refractivity contribution in [3.05, 3.63) is 40.4 Å². The average molecular weight is 165 g/mol. The zero-order chi connectivity index (χ0) is 7.84. The van der Waals surface area contributed by atoms with E-state index in [1.54, 1.807) is 12.1 Å². The number of benzene rings is 1. The molecule has 2 rings (SSSR count). The van der Waals surface area contributed by atoms with Gasteiger partial charge in [-0.2, -0.15) is 0 Å². The molecule has 54 valence electrons. The Hall–Kier alpha value is -1.08. The highest BCUT2D eigenvalue weighted by Crippen LogP contribution is 2.26. The molecule has 1 nitrogen and oxygen atoms in total. The number of carbonyl (C=O) groups is 1. The third-order valence-corrected chi connectivity index (χ3v) is 1.99. The van der Waals surface area contributed by atoms with Gasteiger partial charge in [0.05, 0.1) is 5.03 Å². The lowest BCUT2D eigenvalue weighted by Gasteiger charge is -1.92. The molecule has 0 heterocycles. The number of Topliss-reactive ketones (excluding diaryl/α,β-unsaturated/α-hetero) is 1. The molecule has 1 aromatic rings. The van der Waals surface area contributed by atoms with Gasteiger partial charge in [0.15, 0.2) is 0 Å². The summed E-state index contributed by atoms with van der Waals surface area (Å²) in [5, 5.41) is 0.311. The quantitative estimate of drug-likeness (QED) is 0.576. The summed E-state index contributed by atoms with van der Waals surface area (Å²) in [5.74, 6) is -0.0673. The first kappa shape index (κ1) is 6.62. The fourth-order valence-corrected chi connectivity index (χ4v) is 1.38. The number of halogens is 1. The van der Waals surface area contributed by atoms with E-state index in [9.17, 15) is 4.79 Å². The first-order chi connectivity index (χ1) is 5.29. The largest absolute Gasteiger partial charge is 0.288 e. The Morgan fingerprint density at radius 2 is 1.91 bits per heavy atom. The molecular formula is C9H5ClO. The van der Waals surface area contributed by atoms with Crippen molar-refractivity contribution in [1.29, 1.82) is 0 Å². The van der Waals surface area contributed by atoms with Crippen LogP contribution in [0.1, 0.15) is 15.9 Å². The molecular weight excluding hydrogens is 160 g/mol. The van der Waals surface area contributed by atoms with Crippen molar-refractivity contribution in [2.24, 2.45) is 0 Å². The van der Waals surface area contributed by atoms with Gasteiger partial charge in [-0.1, -0.05) is 35.9 Å². The van der Waals surface area contributed by atoms with Crippen LogP contribution in [-0.2, 0) is 0 Å². The standard InChI is InChI=1S/C9H5ClO/c10-8-5-6-3-1-2-4-7(6)9(8)11/h1-5H. The molecule has 1 aliphatic rings. The van der Waals surface area contributed by atoms with Gasteiger partial charge in [0.1, 0.15) is 0 Å². The van der Waals surface area contributed by atoms with E-state index in [1.165, 1.54) is 0 Å². The van der Waals surface area contributed by atoms with Crippen molar-refractivity contribution in [2.45, 2.75) is 0 Å². The van der Waals surface area contributed by atoms with Gasteiger partial charge in [-0.25, -0.2) is 0 Å². The predicted octanol–water partition coefficient (Wildman–Crippen LogP) is 2.46. The van der Waals surface area contributed by atoms with Crippen LogP contribution in [0.5, 0.6) is 0 Å². The normalized spacial score (nSPS) is 14.6. The molecule has 2 heteroatoms. The highest BCUT2D eigenvalue weighted by Gasteiger charge is 2.19. The lowest BCUT2D eigenvalue weighted by atomic mass is 10.1. The molecule has 0 spiro atoms. The minimum absolute atomic E-state index is 0.0673. The number of fused-ring (bicyclic) bond motifs is 1. The summed E-state index contributed by atoms with van der Waals surface area (Å²) in [6, 6.07) is 7.38. The van der Waals surface area contributed by atoms with Crippen molar-refractivity contribution in [2.75, 3.05) is 0 Å². The smallest absolute Gasteiger partial charge is 0.204 e. The van der Waals surface area contributed by atoms with Crippen molar-refractivity contribution in [1.82, 2.24) is 0 Å². The van der Waals surface area contributed by atoms with E-state index in [-0.39, 0.29) is 5.78 Å². The van der Waals surface area contributed by atoms with Crippen LogP contribution in [0.3, 0.4) is 0 Å². The number of hydrogen-bond acceptors (Lipinski definition) is 1. The molecule has 0 saturated heterocycles. The maximum absolute atomic E-state index is 11.2. The zero-order valence-corrected chi connectivity index (χ0v) is 6.43. The summed E-state index contributed by atoms with van der Waals surface area (Å²) in [4.78, 5) is 11.2. The summed E-state index contributed by atoms with van der Waals surface area (Å²) in [6.45, 7) is 0. The van der Waals surface area contributed by atoms with Crippen LogP contribution < -0.4 is 0 Å². The number of hydrogen-bond donors (Lipinski definition) is 0. The molecule has 0 bridgehead atoms. The Labute approximate surface area is 69.3 Å². The van der Waals surface area contributed by atoms with E-state index in [1.807, 2.05) is 18.2 Å². The van der Waals surface area contributed by atoms with E-state index in [0.29, 0.717) is 10.6 Å². The Kier molecular flexibility index (Phi) is 1.33. The third kappa shape index (κ3) is 0.889. The van der Waals surface area contributed by atoms with Gasteiger partial charge in [0.25, 0.3) is 0 Å². The van der Waals surface area contributed by atoms with E-state index >= 15 is 0 Å². The first-order valence-electron chi connectivity index (χ1n) is 3.30. The zero-order valence-electron chi connectivity index (χ0n) is 5.67. The lowest BCUT2D eigenvalue weighted by molar-refractivity contribution is 0.104. The highest BCUT2D eigenvalue weighted by atomic mass is 35.5. The Bertz CT molecular complexity index is 352. The molecule has 0 aliphatic heterocycles. The van der Waals surface area contributed by atoms with Crippen molar-refractivity contribution >= 4 is 23.5 Å². The number of rotatable bonds is 0. The second kappa shape index (κ2) is 2.21. The third-order valence-electron chi connectivity index (χ3n) is 1.70. The fourth-order valence-electron chi connectivity index (χ4n) is 1.16. The van der Waals surface area contributed by atoms with E-state index in [2.05, 4.69) is 0 Å². The van der Waals surface area contributed by atoms with E-state index < -0.39 is 0 Å². The van der Waals surface area contributed by atoms with Crippen molar-refractivity contribution in [3.8, 4) is 0 Å². The molecule has 0 atom stereocenters. The average Bonchev–Trinajstić information content (AvgIpc) is 2.30. The molecule has 0 fully saturated rings. The highest BCUT2D eigenvalue weighted by molar-refractivity contribution is 6.49. The maximum atomic E-state index is 11.2. The van der Waals surface area contributed by atoms with Gasteiger partial charge in [-0.05, 0) is 11.6 Å². The minimum atomic E-state index is -0.0673. The van der Waals surface area contributed by atoms with Gasteiger partial charge < -0.3 is 0 Å². The summed E-state index contributed by atoms with van der Waals surface area (Å²) in [7, 11) is 0. The molecule has 0 N–H and O–H groups in total. The van der Waals surface area contributed by atoms with Crippen LogP contribution in [0.4, 0.5) is 0 Å². The maximum Gasteiger partial charge on any atom is 0.204 e. The molecule has 0 saturated carbocycles. The van der Waals surface area contributed by atoms with Crippen LogP contribution in [0, 0.1) is 0 Å². The van der Waals surface area contributed by atoms with Crippen LogP contribution in [0.15, 0.2) is 29.3 Å². The van der Waals surface area contributed by atoms with Crippen LogP contribution in [0.2, 0.25) is 0 Å². The molecule has 0 radical (unpaired) electrons. The summed E-state index contributed by atoms with van der Waals surface area (Å²) in [5.41, 5.74) is 1.63. The first-order valence-corrected chi connectivity index (χ1v) is 3.68. The van der Waals surface area contributed by atoms with E-state index in [4.69, 9.17) is 11.6 Å². The van der Waals surface area contributed by atoms with Crippen LogP contribution >= 0.6 is 11.6 Å². The number of allylic oxidation sites excluding steroid dienone is 1. The molecule has 1 aromatic carbocycles. The summed E-state index contributed by atoms with van der Waals surface area (Å²) >= 11 is 5.64. The molecule has 0 unspecified atom stereocenters. The minimum Gasteiger partial charge on any atom is -0.288 e. The van der Waals surface area contributed by atoms with Crippen LogP contribution in [0.25, 0.3) is 6.08 Å². The van der Waals surface area contributed by atoms with Gasteiger partial charge >= 0.3 is 0 Å².